The Morgan fingerprint density at radius 2 is 2.10 bits per heavy atom. The van der Waals surface area contributed by atoms with Crippen molar-refractivity contribution in [2.75, 3.05) is 25.5 Å². The van der Waals surface area contributed by atoms with Crippen molar-refractivity contribution in [1.29, 1.82) is 0 Å². The highest BCUT2D eigenvalue weighted by Gasteiger charge is 2.47. The number of nitrogens with two attached hydrogens (primary N) is 1. The summed E-state index contributed by atoms with van der Waals surface area (Å²) in [7, 11) is 0. The number of urea groups is 1. The number of rotatable bonds is 7. The lowest BCUT2D eigenvalue weighted by atomic mass is 10.2. The van der Waals surface area contributed by atoms with Gasteiger partial charge in [0, 0.05) is 12.3 Å². The lowest BCUT2D eigenvalue weighted by Crippen LogP contribution is -2.51. The molecule has 0 radical (unpaired) electrons. The van der Waals surface area contributed by atoms with Gasteiger partial charge in [-0.25, -0.2) is 9.59 Å². The molecule has 118 valence electrons. The van der Waals surface area contributed by atoms with Crippen molar-refractivity contribution in [3.05, 3.63) is 0 Å². The predicted molar refractivity (Wildman–Crippen MR) is 75.6 cm³/mol. The summed E-state index contributed by atoms with van der Waals surface area (Å²) < 4.78 is 4.94. The minimum atomic E-state index is -0.981. The number of carbonyl (C=O) groups excluding carboxylic acids is 2. The fourth-order valence-corrected chi connectivity index (χ4v) is 3.84. The van der Waals surface area contributed by atoms with E-state index in [-0.39, 0.29) is 25.1 Å². The Hall–Kier alpha value is -1.48. The second-order valence-electron chi connectivity index (χ2n) is 5.07. The minimum Gasteiger partial charge on any atom is -0.480 e. The maximum atomic E-state index is 12.2. The largest absolute Gasteiger partial charge is 0.480 e. The van der Waals surface area contributed by atoms with Gasteiger partial charge in [-0.15, -0.1) is 11.8 Å². The Balaban J connectivity index is 1.82. The monoisotopic (exact) mass is 317 g/mol. The van der Waals surface area contributed by atoms with Crippen LogP contribution in [0.5, 0.6) is 0 Å². The average Bonchev–Trinajstić information content (AvgIpc) is 3.15. The summed E-state index contributed by atoms with van der Waals surface area (Å²) in [6.07, 6.45) is 2.07. The van der Waals surface area contributed by atoms with Gasteiger partial charge in [0.05, 0.1) is 12.0 Å². The van der Waals surface area contributed by atoms with Gasteiger partial charge < -0.3 is 20.9 Å². The molecule has 0 aromatic carbocycles. The molecule has 0 bridgehead atoms. The highest BCUT2D eigenvalue weighted by Crippen LogP contribution is 2.45. The third kappa shape index (κ3) is 4.24. The van der Waals surface area contributed by atoms with Gasteiger partial charge in [-0.3, -0.25) is 9.69 Å². The highest BCUT2D eigenvalue weighted by atomic mass is 32.2. The quantitative estimate of drug-likeness (QED) is 0.541. The number of carboxylic acid groups (broad SMARTS) is 1. The van der Waals surface area contributed by atoms with Crippen molar-refractivity contribution < 1.29 is 24.2 Å². The van der Waals surface area contributed by atoms with Gasteiger partial charge in [0.2, 0.25) is 5.91 Å². The van der Waals surface area contributed by atoms with Gasteiger partial charge in [0.1, 0.15) is 12.6 Å². The van der Waals surface area contributed by atoms with Gasteiger partial charge in [-0.05, 0) is 18.8 Å². The highest BCUT2D eigenvalue weighted by molar-refractivity contribution is 8.00. The molecule has 1 aliphatic heterocycles. The molecule has 2 atom stereocenters. The first-order valence-corrected chi connectivity index (χ1v) is 7.82. The number of carbonyl (C=O) groups is 3. The Morgan fingerprint density at radius 3 is 2.67 bits per heavy atom. The third-order valence-corrected chi connectivity index (χ3v) is 4.81. The van der Waals surface area contributed by atoms with Crippen LogP contribution >= 0.6 is 11.8 Å². The van der Waals surface area contributed by atoms with Crippen LogP contribution in [-0.2, 0) is 14.3 Å². The Morgan fingerprint density at radius 1 is 1.38 bits per heavy atom. The summed E-state index contributed by atoms with van der Waals surface area (Å²) in [5.41, 5.74) is 4.92. The Kier molecular flexibility index (Phi) is 5.29. The van der Waals surface area contributed by atoms with Gasteiger partial charge in [0.15, 0.2) is 0 Å². The van der Waals surface area contributed by atoms with E-state index in [0.717, 1.165) is 12.8 Å². The Labute approximate surface area is 126 Å². The molecule has 1 heterocycles. The predicted octanol–water partition coefficient (Wildman–Crippen LogP) is -0.564. The van der Waals surface area contributed by atoms with Crippen LogP contribution in [0.1, 0.15) is 12.8 Å². The fraction of sp³-hybridized carbons (Fsp3) is 0.750. The summed E-state index contributed by atoms with van der Waals surface area (Å²) in [5, 5.41) is 11.8. The topological polar surface area (TPSA) is 122 Å². The molecule has 2 fully saturated rings. The van der Waals surface area contributed by atoms with Gasteiger partial charge in [0.25, 0.3) is 0 Å². The number of ether oxygens (including phenoxy) is 1. The molecule has 2 aliphatic rings. The lowest BCUT2D eigenvalue weighted by molar-refractivity contribution is -0.141. The van der Waals surface area contributed by atoms with Gasteiger partial charge in [-0.2, -0.15) is 0 Å². The van der Waals surface area contributed by atoms with E-state index >= 15 is 0 Å². The lowest BCUT2D eigenvalue weighted by Gasteiger charge is -2.27. The van der Waals surface area contributed by atoms with Crippen molar-refractivity contribution in [3.8, 4) is 0 Å². The van der Waals surface area contributed by atoms with Crippen LogP contribution in [0.15, 0.2) is 0 Å². The summed E-state index contributed by atoms with van der Waals surface area (Å²) >= 11 is 1.53. The first-order chi connectivity index (χ1) is 10.0. The Bertz CT molecular complexity index is 429. The number of hydrogen-bond acceptors (Lipinski definition) is 5. The van der Waals surface area contributed by atoms with Crippen LogP contribution in [0.2, 0.25) is 0 Å². The smallest absolute Gasteiger partial charge is 0.327 e. The molecule has 0 spiro atoms. The van der Waals surface area contributed by atoms with E-state index in [1.54, 1.807) is 0 Å². The molecular weight excluding hydrogens is 298 g/mol. The first kappa shape index (κ1) is 15.9. The number of nitrogens with zero attached hydrogens (tertiary/aromatic N) is 1. The normalized spacial score (nSPS) is 24.9. The van der Waals surface area contributed by atoms with Crippen molar-refractivity contribution in [2.24, 2.45) is 11.7 Å². The SMILES string of the molecule is NC(=O)COCCNC(=O)N1C(C(=O)O)CSC1C1CC1. The molecular formula is C12H19N3O5S. The molecule has 8 nitrogen and oxygen atoms in total. The van der Waals surface area contributed by atoms with Crippen LogP contribution in [0, 0.1) is 5.92 Å². The van der Waals surface area contributed by atoms with E-state index in [1.807, 2.05) is 0 Å². The molecule has 4 N–H and O–H groups in total. The number of nitrogens with one attached hydrogen (secondary N) is 1. The number of amides is 3. The molecule has 1 aliphatic carbocycles. The molecule has 9 heteroatoms. The number of primary amides is 1. The fourth-order valence-electron chi connectivity index (χ4n) is 2.21. The summed E-state index contributed by atoms with van der Waals surface area (Å²) in [6.45, 7) is 0.163. The number of hydrogen-bond donors (Lipinski definition) is 3. The van der Waals surface area contributed by atoms with Crippen molar-refractivity contribution >= 4 is 29.7 Å². The van der Waals surface area contributed by atoms with E-state index in [9.17, 15) is 19.5 Å². The van der Waals surface area contributed by atoms with E-state index in [4.69, 9.17) is 10.5 Å². The van der Waals surface area contributed by atoms with Crippen LogP contribution in [0.25, 0.3) is 0 Å². The maximum Gasteiger partial charge on any atom is 0.327 e. The standard InChI is InChI=1S/C12H19N3O5S/c13-9(16)5-20-4-3-14-12(19)15-8(11(17)18)6-21-10(15)7-1-2-7/h7-8,10H,1-6H2,(H2,13,16)(H,14,19)(H,17,18). The molecule has 21 heavy (non-hydrogen) atoms. The van der Waals surface area contributed by atoms with E-state index in [0.29, 0.717) is 11.7 Å². The zero-order chi connectivity index (χ0) is 15.4. The first-order valence-electron chi connectivity index (χ1n) is 6.77. The zero-order valence-corrected chi connectivity index (χ0v) is 12.3. The van der Waals surface area contributed by atoms with Crippen LogP contribution in [-0.4, -0.2) is 64.8 Å². The maximum absolute atomic E-state index is 12.2. The second-order valence-corrected chi connectivity index (χ2v) is 6.22. The van der Waals surface area contributed by atoms with Crippen molar-refractivity contribution in [1.82, 2.24) is 10.2 Å². The minimum absolute atomic E-state index is 0.0577. The zero-order valence-electron chi connectivity index (χ0n) is 11.5. The van der Waals surface area contributed by atoms with Crippen LogP contribution in [0.4, 0.5) is 4.79 Å². The molecule has 3 amide bonds. The summed E-state index contributed by atoms with van der Waals surface area (Å²) in [5.74, 6) is -0.735. The molecule has 2 rings (SSSR count). The number of thioether (sulfide) groups is 1. The van der Waals surface area contributed by atoms with E-state index < -0.39 is 23.9 Å². The van der Waals surface area contributed by atoms with Crippen molar-refractivity contribution in [3.63, 3.8) is 0 Å². The molecule has 0 aromatic heterocycles. The second kappa shape index (κ2) is 6.99. The summed E-state index contributed by atoms with van der Waals surface area (Å²) in [4.78, 5) is 35.3. The van der Waals surface area contributed by atoms with Crippen LogP contribution < -0.4 is 11.1 Å². The van der Waals surface area contributed by atoms with Crippen molar-refractivity contribution in [2.45, 2.75) is 24.3 Å². The number of aliphatic carboxylic acids is 1. The average molecular weight is 317 g/mol. The van der Waals surface area contributed by atoms with E-state index in [2.05, 4.69) is 5.32 Å². The molecule has 1 saturated heterocycles. The molecule has 0 aromatic rings. The number of carboxylic acids is 1. The summed E-state index contributed by atoms with van der Waals surface area (Å²) in [6, 6.07) is -1.18. The van der Waals surface area contributed by atoms with E-state index in [1.165, 1.54) is 16.7 Å². The van der Waals surface area contributed by atoms with Crippen LogP contribution in [0.3, 0.4) is 0 Å². The third-order valence-electron chi connectivity index (χ3n) is 3.35. The molecule has 1 saturated carbocycles. The van der Waals surface area contributed by atoms with Gasteiger partial charge in [-0.1, -0.05) is 0 Å². The van der Waals surface area contributed by atoms with Gasteiger partial charge >= 0.3 is 12.0 Å². The molecule has 2 unspecified atom stereocenters.